The van der Waals surface area contributed by atoms with E-state index in [4.69, 9.17) is 10.5 Å². The van der Waals surface area contributed by atoms with Crippen LogP contribution in [0.15, 0.2) is 4.99 Å². The average molecular weight is 398 g/mol. The number of rotatable bonds is 4. The van der Waals surface area contributed by atoms with Gasteiger partial charge in [0, 0.05) is 24.7 Å². The fraction of sp³-hybridized carbons (Fsp3) is 0.929. The topological polar surface area (TPSA) is 62.9 Å². The molecule has 1 atom stereocenters. The Kier molecular flexibility index (Phi) is 9.01. The first-order chi connectivity index (χ1) is 8.79. The van der Waals surface area contributed by atoms with Crippen molar-refractivity contribution in [2.75, 3.05) is 32.8 Å². The summed E-state index contributed by atoms with van der Waals surface area (Å²) < 4.78 is 5.41. The first-order valence-electron chi connectivity index (χ1n) is 7.19. The molecule has 1 unspecified atom stereocenters. The van der Waals surface area contributed by atoms with Crippen LogP contribution in [0.1, 0.15) is 34.6 Å². The number of hydrogen-bond donors (Lipinski definition) is 2. The number of nitrogens with zero attached hydrogens (tertiary/aromatic N) is 2. The van der Waals surface area contributed by atoms with Crippen molar-refractivity contribution in [3.8, 4) is 0 Å². The molecule has 0 spiro atoms. The maximum absolute atomic E-state index is 5.93. The van der Waals surface area contributed by atoms with Gasteiger partial charge in [-0.1, -0.05) is 13.8 Å². The number of ether oxygens (including phenoxy) is 1. The van der Waals surface area contributed by atoms with E-state index in [9.17, 15) is 0 Å². The summed E-state index contributed by atoms with van der Waals surface area (Å²) >= 11 is 0. The molecular weight excluding hydrogens is 367 g/mol. The van der Waals surface area contributed by atoms with Gasteiger partial charge < -0.3 is 15.8 Å². The molecule has 0 amide bonds. The largest absolute Gasteiger partial charge is 0.379 e. The van der Waals surface area contributed by atoms with Gasteiger partial charge in [-0.15, -0.1) is 24.0 Å². The lowest BCUT2D eigenvalue weighted by molar-refractivity contribution is 0.00868. The van der Waals surface area contributed by atoms with Gasteiger partial charge in [0.05, 0.1) is 19.8 Å². The van der Waals surface area contributed by atoms with Crippen molar-refractivity contribution in [2.45, 2.75) is 46.2 Å². The van der Waals surface area contributed by atoms with Gasteiger partial charge in [-0.3, -0.25) is 9.89 Å². The molecule has 3 N–H and O–H groups in total. The Balaban J connectivity index is 0.00000361. The zero-order valence-electron chi connectivity index (χ0n) is 13.5. The molecule has 1 aliphatic rings. The normalized spacial score (nSPS) is 19.6. The van der Waals surface area contributed by atoms with Crippen LogP contribution in [0, 0.1) is 5.92 Å². The summed E-state index contributed by atoms with van der Waals surface area (Å²) in [6.07, 6.45) is 0. The van der Waals surface area contributed by atoms with Crippen LogP contribution in [0.5, 0.6) is 0 Å². The Labute approximate surface area is 140 Å². The molecule has 20 heavy (non-hydrogen) atoms. The second-order valence-corrected chi connectivity index (χ2v) is 6.56. The maximum atomic E-state index is 5.93. The molecule has 1 heterocycles. The van der Waals surface area contributed by atoms with E-state index < -0.39 is 0 Å². The predicted octanol–water partition coefficient (Wildman–Crippen LogP) is 1.66. The van der Waals surface area contributed by atoms with Crippen LogP contribution in [0.25, 0.3) is 0 Å². The van der Waals surface area contributed by atoms with Gasteiger partial charge in [0.15, 0.2) is 5.96 Å². The first-order valence-corrected chi connectivity index (χ1v) is 7.19. The van der Waals surface area contributed by atoms with Crippen molar-refractivity contribution in [1.29, 1.82) is 0 Å². The van der Waals surface area contributed by atoms with Crippen LogP contribution < -0.4 is 11.1 Å². The lowest BCUT2D eigenvalue weighted by Gasteiger charge is -2.36. The molecule has 5 nitrogen and oxygen atoms in total. The van der Waals surface area contributed by atoms with E-state index in [2.05, 4.69) is 49.8 Å². The first kappa shape index (κ1) is 19.9. The summed E-state index contributed by atoms with van der Waals surface area (Å²) in [5, 5.41) is 3.20. The van der Waals surface area contributed by atoms with Crippen molar-refractivity contribution >= 4 is 29.9 Å². The van der Waals surface area contributed by atoms with Gasteiger partial charge in [-0.25, -0.2) is 0 Å². The minimum absolute atomic E-state index is 0. The van der Waals surface area contributed by atoms with Crippen LogP contribution in [0.4, 0.5) is 0 Å². The minimum Gasteiger partial charge on any atom is -0.379 e. The van der Waals surface area contributed by atoms with Crippen LogP contribution in [-0.4, -0.2) is 55.3 Å². The van der Waals surface area contributed by atoms with Gasteiger partial charge in [0.1, 0.15) is 0 Å². The van der Waals surface area contributed by atoms with Crippen LogP contribution in [0.3, 0.4) is 0 Å². The summed E-state index contributed by atoms with van der Waals surface area (Å²) in [6.45, 7) is 15.1. The molecule has 0 saturated carbocycles. The molecule has 1 saturated heterocycles. The van der Waals surface area contributed by atoms with E-state index in [0.29, 0.717) is 17.9 Å². The fourth-order valence-electron chi connectivity index (χ4n) is 2.27. The highest BCUT2D eigenvalue weighted by molar-refractivity contribution is 14.0. The van der Waals surface area contributed by atoms with Crippen molar-refractivity contribution in [1.82, 2.24) is 10.2 Å². The molecular formula is C14H31IN4O. The molecule has 1 fully saturated rings. The molecule has 0 aromatic carbocycles. The quantitative estimate of drug-likeness (QED) is 0.430. The Morgan fingerprint density at radius 1 is 1.30 bits per heavy atom. The van der Waals surface area contributed by atoms with E-state index in [1.54, 1.807) is 0 Å². The summed E-state index contributed by atoms with van der Waals surface area (Å²) in [6, 6.07) is 0.434. The monoisotopic (exact) mass is 398 g/mol. The van der Waals surface area contributed by atoms with Crippen LogP contribution in [0.2, 0.25) is 0 Å². The van der Waals surface area contributed by atoms with Gasteiger partial charge in [0.25, 0.3) is 0 Å². The third kappa shape index (κ3) is 7.64. The summed E-state index contributed by atoms with van der Waals surface area (Å²) in [5.74, 6) is 1.09. The number of aliphatic imine (C=N–C) groups is 1. The van der Waals surface area contributed by atoms with Crippen molar-refractivity contribution in [3.05, 3.63) is 0 Å². The highest BCUT2D eigenvalue weighted by Crippen LogP contribution is 2.13. The van der Waals surface area contributed by atoms with Crippen molar-refractivity contribution < 1.29 is 4.74 Å². The maximum Gasteiger partial charge on any atom is 0.189 e. The van der Waals surface area contributed by atoms with Crippen LogP contribution >= 0.6 is 24.0 Å². The molecule has 0 aromatic rings. The van der Waals surface area contributed by atoms with Gasteiger partial charge in [-0.05, 0) is 26.7 Å². The van der Waals surface area contributed by atoms with Gasteiger partial charge in [0.2, 0.25) is 0 Å². The average Bonchev–Trinajstić information content (AvgIpc) is 2.27. The van der Waals surface area contributed by atoms with E-state index in [1.165, 1.54) is 0 Å². The number of halogens is 1. The van der Waals surface area contributed by atoms with Crippen molar-refractivity contribution in [3.63, 3.8) is 0 Å². The molecule has 120 valence electrons. The third-order valence-corrected chi connectivity index (χ3v) is 3.24. The molecule has 0 bridgehead atoms. The van der Waals surface area contributed by atoms with Gasteiger partial charge in [-0.2, -0.15) is 0 Å². The SMILES string of the molecule is CC(C)C(CN=C(N)NC(C)(C)C)N1CCOCC1.I. The highest BCUT2D eigenvalue weighted by Gasteiger charge is 2.23. The standard InChI is InChI=1S/C14H30N4O.HI/c1-11(2)12(18-6-8-19-9-7-18)10-16-13(15)17-14(3,4)5;/h11-12H,6-10H2,1-5H3,(H3,15,16,17);1H. The number of nitrogens with two attached hydrogens (primary N) is 1. The van der Waals surface area contributed by atoms with E-state index in [-0.39, 0.29) is 29.5 Å². The lowest BCUT2D eigenvalue weighted by Crippen LogP contribution is -2.49. The molecule has 0 aliphatic carbocycles. The van der Waals surface area contributed by atoms with E-state index in [1.807, 2.05) is 0 Å². The fourth-order valence-corrected chi connectivity index (χ4v) is 2.27. The zero-order chi connectivity index (χ0) is 14.5. The Bertz CT molecular complexity index is 296. The summed E-state index contributed by atoms with van der Waals surface area (Å²) in [4.78, 5) is 6.97. The second kappa shape index (κ2) is 9.04. The minimum atomic E-state index is -0.0418. The molecule has 1 rings (SSSR count). The molecule has 0 radical (unpaired) electrons. The molecule has 6 heteroatoms. The lowest BCUT2D eigenvalue weighted by atomic mass is 10.0. The van der Waals surface area contributed by atoms with Crippen molar-refractivity contribution in [2.24, 2.45) is 16.6 Å². The van der Waals surface area contributed by atoms with Gasteiger partial charge >= 0.3 is 0 Å². The number of guanidine groups is 1. The Hall–Kier alpha value is -0.0800. The number of morpholine rings is 1. The molecule has 1 aliphatic heterocycles. The Morgan fingerprint density at radius 3 is 2.30 bits per heavy atom. The van der Waals surface area contributed by atoms with Crippen LogP contribution in [-0.2, 0) is 4.74 Å². The molecule has 0 aromatic heterocycles. The van der Waals surface area contributed by atoms with E-state index >= 15 is 0 Å². The highest BCUT2D eigenvalue weighted by atomic mass is 127. The zero-order valence-corrected chi connectivity index (χ0v) is 15.8. The number of nitrogens with one attached hydrogen (secondary N) is 1. The summed E-state index contributed by atoms with van der Waals surface area (Å²) in [5.41, 5.74) is 5.89. The predicted molar refractivity (Wildman–Crippen MR) is 95.8 cm³/mol. The smallest absolute Gasteiger partial charge is 0.189 e. The third-order valence-electron chi connectivity index (χ3n) is 3.24. The number of hydrogen-bond acceptors (Lipinski definition) is 3. The second-order valence-electron chi connectivity index (χ2n) is 6.56. The Morgan fingerprint density at radius 2 is 1.85 bits per heavy atom. The van der Waals surface area contributed by atoms with E-state index in [0.717, 1.165) is 32.8 Å². The summed E-state index contributed by atoms with van der Waals surface area (Å²) in [7, 11) is 0.